The molecule has 6 heteroatoms. The molecule has 0 aromatic heterocycles. The summed E-state index contributed by atoms with van der Waals surface area (Å²) in [4.78, 5) is 10.3. The lowest BCUT2D eigenvalue weighted by atomic mass is 10.3. The third-order valence-corrected chi connectivity index (χ3v) is 2.05. The normalized spacial score (nSPS) is 9.53. The molecular weight excluding hydrogens is 262 g/mol. The number of nitrogens with one attached hydrogen (secondary N) is 1. The largest absolute Gasteiger partial charge is 0.295 e. The lowest BCUT2D eigenvalue weighted by Gasteiger charge is -2.02. The summed E-state index contributed by atoms with van der Waals surface area (Å²) in [5.74, 6) is 0. The predicted octanol–water partition coefficient (Wildman–Crippen LogP) is 3.17. The van der Waals surface area contributed by atoms with Gasteiger partial charge in [-0.3, -0.25) is 15.5 Å². The molecule has 0 unspecified atom stereocenters. The first-order valence-corrected chi connectivity index (χ1v) is 5.01. The number of nitro groups is 1. The van der Waals surface area contributed by atoms with Gasteiger partial charge in [-0.1, -0.05) is 15.9 Å². The van der Waals surface area contributed by atoms with E-state index in [1.807, 2.05) is 0 Å². The molecule has 1 aromatic carbocycles. The van der Waals surface area contributed by atoms with E-state index in [-0.39, 0.29) is 5.69 Å². The zero-order valence-corrected chi connectivity index (χ0v) is 9.91. The maximum Gasteiger partial charge on any atom is 0.295 e. The van der Waals surface area contributed by atoms with Crippen molar-refractivity contribution in [3.63, 3.8) is 0 Å². The summed E-state index contributed by atoms with van der Waals surface area (Å²) in [6.45, 7) is 3.61. The van der Waals surface area contributed by atoms with Gasteiger partial charge < -0.3 is 0 Å². The lowest BCUT2D eigenvalue weighted by molar-refractivity contribution is -0.384. The van der Waals surface area contributed by atoms with Crippen LogP contribution in [-0.2, 0) is 0 Å². The number of hydrogen-bond acceptors (Lipinski definition) is 4. The number of anilines is 1. The molecule has 0 amide bonds. The van der Waals surface area contributed by atoms with Gasteiger partial charge in [0.1, 0.15) is 5.69 Å². The third-order valence-electron chi connectivity index (χ3n) is 1.56. The highest BCUT2D eigenvalue weighted by molar-refractivity contribution is 9.10. The minimum absolute atomic E-state index is 0.00521. The topological polar surface area (TPSA) is 67.5 Å². The monoisotopic (exact) mass is 271 g/mol. The first-order valence-electron chi connectivity index (χ1n) is 4.21. The van der Waals surface area contributed by atoms with Gasteiger partial charge in [-0.15, -0.1) is 0 Å². The van der Waals surface area contributed by atoms with Gasteiger partial charge in [-0.05, 0) is 26.0 Å². The Balaban J connectivity index is 3.06. The van der Waals surface area contributed by atoms with Crippen LogP contribution in [0.4, 0.5) is 11.4 Å². The van der Waals surface area contributed by atoms with Crippen LogP contribution in [-0.4, -0.2) is 10.6 Å². The molecule has 0 spiro atoms. The van der Waals surface area contributed by atoms with Crippen LogP contribution in [0.25, 0.3) is 0 Å². The maximum absolute atomic E-state index is 10.7. The summed E-state index contributed by atoms with van der Waals surface area (Å²) in [5.41, 5.74) is 3.82. The molecule has 0 aliphatic carbocycles. The van der Waals surface area contributed by atoms with Crippen LogP contribution in [0.15, 0.2) is 27.8 Å². The van der Waals surface area contributed by atoms with E-state index < -0.39 is 4.92 Å². The number of nitrogens with zero attached hydrogens (tertiary/aromatic N) is 2. The fourth-order valence-electron chi connectivity index (χ4n) is 0.922. The highest BCUT2D eigenvalue weighted by atomic mass is 79.9. The predicted molar refractivity (Wildman–Crippen MR) is 63.2 cm³/mol. The standard InChI is InChI=1S/C9H10BrN3O2/c1-6(2)11-12-8-4-3-7(10)5-9(8)13(14)15/h3-5,12H,1-2H3. The molecule has 1 N–H and O–H groups in total. The number of hydrazone groups is 1. The molecule has 0 saturated heterocycles. The fourth-order valence-corrected chi connectivity index (χ4v) is 1.27. The SMILES string of the molecule is CC(C)=NNc1ccc(Br)cc1[N+](=O)[O-]. The Morgan fingerprint density at radius 1 is 1.53 bits per heavy atom. The molecule has 0 aliphatic rings. The van der Waals surface area contributed by atoms with Gasteiger partial charge in [0.2, 0.25) is 0 Å². The van der Waals surface area contributed by atoms with E-state index in [1.54, 1.807) is 26.0 Å². The summed E-state index contributed by atoms with van der Waals surface area (Å²) in [5, 5.41) is 14.6. The van der Waals surface area contributed by atoms with E-state index in [2.05, 4.69) is 26.5 Å². The molecule has 0 fully saturated rings. The van der Waals surface area contributed by atoms with Crippen molar-refractivity contribution in [2.45, 2.75) is 13.8 Å². The van der Waals surface area contributed by atoms with Gasteiger partial charge in [-0.25, -0.2) is 0 Å². The Hall–Kier alpha value is -1.43. The number of rotatable bonds is 3. The lowest BCUT2D eigenvalue weighted by Crippen LogP contribution is -1.98. The van der Waals surface area contributed by atoms with Crippen LogP contribution in [0.5, 0.6) is 0 Å². The molecule has 0 radical (unpaired) electrons. The quantitative estimate of drug-likeness (QED) is 0.522. The zero-order valence-electron chi connectivity index (χ0n) is 8.32. The average molecular weight is 272 g/mol. The van der Waals surface area contributed by atoms with Crippen LogP contribution >= 0.6 is 15.9 Å². The smallest absolute Gasteiger partial charge is 0.272 e. The van der Waals surface area contributed by atoms with E-state index in [1.165, 1.54) is 6.07 Å². The summed E-state index contributed by atoms with van der Waals surface area (Å²) < 4.78 is 0.664. The third kappa shape index (κ3) is 3.32. The van der Waals surface area contributed by atoms with Crippen LogP contribution in [0, 0.1) is 10.1 Å². The average Bonchev–Trinajstić information content (AvgIpc) is 2.15. The van der Waals surface area contributed by atoms with Crippen LogP contribution < -0.4 is 5.43 Å². The summed E-state index contributed by atoms with van der Waals surface area (Å²) >= 11 is 3.18. The first kappa shape index (κ1) is 11.6. The molecule has 0 heterocycles. The van der Waals surface area contributed by atoms with Gasteiger partial charge in [0.25, 0.3) is 5.69 Å². The van der Waals surface area contributed by atoms with Crippen LogP contribution in [0.3, 0.4) is 0 Å². The Kier molecular flexibility index (Phi) is 3.79. The van der Waals surface area contributed by atoms with Crippen molar-refractivity contribution in [1.82, 2.24) is 0 Å². The molecule has 0 aliphatic heterocycles. The van der Waals surface area contributed by atoms with Crippen molar-refractivity contribution in [3.8, 4) is 0 Å². The number of halogens is 1. The van der Waals surface area contributed by atoms with Crippen molar-refractivity contribution >= 4 is 33.0 Å². The fraction of sp³-hybridized carbons (Fsp3) is 0.222. The molecule has 0 bridgehead atoms. The van der Waals surface area contributed by atoms with Gasteiger partial charge in [0, 0.05) is 16.3 Å². The van der Waals surface area contributed by atoms with E-state index in [0.29, 0.717) is 10.2 Å². The zero-order chi connectivity index (χ0) is 11.4. The number of hydrogen-bond donors (Lipinski definition) is 1. The molecule has 0 atom stereocenters. The molecular formula is C9H10BrN3O2. The molecule has 80 valence electrons. The molecule has 1 aromatic rings. The molecule has 1 rings (SSSR count). The Morgan fingerprint density at radius 2 is 2.20 bits per heavy atom. The maximum atomic E-state index is 10.7. The highest BCUT2D eigenvalue weighted by Crippen LogP contribution is 2.27. The van der Waals surface area contributed by atoms with E-state index in [9.17, 15) is 10.1 Å². The first-order chi connectivity index (χ1) is 7.00. The Bertz CT molecular complexity index is 414. The Morgan fingerprint density at radius 3 is 2.73 bits per heavy atom. The summed E-state index contributed by atoms with van der Waals surface area (Å²) in [6.07, 6.45) is 0. The van der Waals surface area contributed by atoms with Crippen molar-refractivity contribution in [2.75, 3.05) is 5.43 Å². The Labute approximate surface area is 95.5 Å². The van der Waals surface area contributed by atoms with Gasteiger partial charge in [-0.2, -0.15) is 5.10 Å². The van der Waals surface area contributed by atoms with Crippen molar-refractivity contribution in [3.05, 3.63) is 32.8 Å². The summed E-state index contributed by atoms with van der Waals surface area (Å²) in [7, 11) is 0. The number of benzene rings is 1. The van der Waals surface area contributed by atoms with Gasteiger partial charge in [0.05, 0.1) is 4.92 Å². The second kappa shape index (κ2) is 4.88. The minimum atomic E-state index is -0.451. The van der Waals surface area contributed by atoms with Crippen molar-refractivity contribution < 1.29 is 4.92 Å². The van der Waals surface area contributed by atoms with E-state index in [4.69, 9.17) is 0 Å². The molecule has 5 nitrogen and oxygen atoms in total. The van der Waals surface area contributed by atoms with Crippen LogP contribution in [0.1, 0.15) is 13.8 Å². The molecule has 15 heavy (non-hydrogen) atoms. The summed E-state index contributed by atoms with van der Waals surface area (Å²) in [6, 6.07) is 4.76. The number of nitro benzene ring substituents is 1. The van der Waals surface area contributed by atoms with Crippen molar-refractivity contribution in [1.29, 1.82) is 0 Å². The van der Waals surface area contributed by atoms with E-state index in [0.717, 1.165) is 5.71 Å². The van der Waals surface area contributed by atoms with Crippen molar-refractivity contribution in [2.24, 2.45) is 5.10 Å². The molecule has 0 saturated carbocycles. The minimum Gasteiger partial charge on any atom is -0.272 e. The second-order valence-electron chi connectivity index (χ2n) is 3.09. The van der Waals surface area contributed by atoms with Gasteiger partial charge in [0.15, 0.2) is 0 Å². The highest BCUT2D eigenvalue weighted by Gasteiger charge is 2.13. The van der Waals surface area contributed by atoms with Crippen LogP contribution in [0.2, 0.25) is 0 Å². The van der Waals surface area contributed by atoms with Gasteiger partial charge >= 0.3 is 0 Å². The second-order valence-corrected chi connectivity index (χ2v) is 4.01. The van der Waals surface area contributed by atoms with E-state index >= 15 is 0 Å².